The minimum atomic E-state index is -0.798. The molecule has 0 bridgehead atoms. The molecule has 0 aliphatic carbocycles. The molecule has 0 aromatic heterocycles. The Morgan fingerprint density at radius 2 is 1.29 bits per heavy atom. The van der Waals surface area contributed by atoms with E-state index in [4.69, 9.17) is 9.47 Å². The van der Waals surface area contributed by atoms with Crippen LogP contribution in [0.4, 0.5) is 0 Å². The maximum absolute atomic E-state index is 12.2. The van der Waals surface area contributed by atoms with Crippen molar-refractivity contribution in [2.45, 2.75) is 71.0 Å². The van der Waals surface area contributed by atoms with Crippen LogP contribution in [0.5, 0.6) is 23.0 Å². The van der Waals surface area contributed by atoms with Crippen molar-refractivity contribution in [3.05, 3.63) is 46.5 Å². The van der Waals surface area contributed by atoms with Crippen LogP contribution in [0.25, 0.3) is 0 Å². The van der Waals surface area contributed by atoms with Crippen molar-refractivity contribution in [3.63, 3.8) is 0 Å². The van der Waals surface area contributed by atoms with Gasteiger partial charge in [-0.1, -0.05) is 39.3 Å². The monoisotopic (exact) mass is 452 g/mol. The second kappa shape index (κ2) is 7.00. The fourth-order valence-electron chi connectivity index (χ4n) is 4.72. The summed E-state index contributed by atoms with van der Waals surface area (Å²) in [6, 6.07) is 7.26. The third kappa shape index (κ3) is 3.55. The van der Waals surface area contributed by atoms with Gasteiger partial charge in [-0.25, -0.2) is 0 Å². The quantitative estimate of drug-likeness (QED) is 0.659. The molecule has 0 radical (unpaired) electrons. The summed E-state index contributed by atoms with van der Waals surface area (Å²) in [7, 11) is 0. The van der Waals surface area contributed by atoms with Gasteiger partial charge in [0.15, 0.2) is 0 Å². The van der Waals surface area contributed by atoms with E-state index in [1.807, 2.05) is 32.0 Å². The zero-order valence-electron chi connectivity index (χ0n) is 17.9. The molecule has 2 aromatic rings. The van der Waals surface area contributed by atoms with Crippen molar-refractivity contribution in [1.82, 2.24) is 0 Å². The third-order valence-corrected chi connectivity index (χ3v) is 6.05. The van der Waals surface area contributed by atoms with E-state index in [1.165, 1.54) is 0 Å². The molecule has 4 nitrogen and oxygen atoms in total. The number of rotatable bonds is 0. The largest absolute Gasteiger partial charge is 1.00 e. The van der Waals surface area contributed by atoms with E-state index < -0.39 is 5.79 Å². The predicted molar refractivity (Wildman–Crippen MR) is 103 cm³/mol. The Morgan fingerprint density at radius 3 is 1.82 bits per heavy atom. The number of phenolic OH excluding ortho intramolecular Hbond substituents is 1. The fraction of sp³-hybridized carbons (Fsp3) is 0.478. The first kappa shape index (κ1) is 22.1. The van der Waals surface area contributed by atoms with E-state index >= 15 is 0 Å². The molecule has 0 unspecified atom stereocenters. The standard InChI is InChI=1S/C23H28O4.Rb/c1-13-7-19-15(9-17(13)24)21(3,4)11-23(26-19)12-22(5,6)16-10-18(25)14(2)8-20(16)27-23;/h7-10,24-25H,11-12H2,1-6H3;/q;+1/p-1. The molecule has 0 saturated heterocycles. The molecule has 4 rings (SSSR count). The van der Waals surface area contributed by atoms with Gasteiger partial charge in [-0.3, -0.25) is 0 Å². The fourth-order valence-corrected chi connectivity index (χ4v) is 4.72. The second-order valence-corrected chi connectivity index (χ2v) is 9.48. The Labute approximate surface area is 216 Å². The summed E-state index contributed by atoms with van der Waals surface area (Å²) in [6.45, 7) is 12.3. The van der Waals surface area contributed by atoms with Gasteiger partial charge in [-0.05, 0) is 43.2 Å². The van der Waals surface area contributed by atoms with Crippen LogP contribution < -0.4 is 72.8 Å². The van der Waals surface area contributed by atoms with E-state index in [1.54, 1.807) is 6.07 Å². The van der Waals surface area contributed by atoms with Gasteiger partial charge in [0.1, 0.15) is 17.2 Å². The van der Waals surface area contributed by atoms with E-state index in [9.17, 15) is 10.2 Å². The first-order valence-corrected chi connectivity index (χ1v) is 9.47. The Kier molecular flexibility index (Phi) is 5.54. The van der Waals surface area contributed by atoms with Gasteiger partial charge >= 0.3 is 58.2 Å². The number of ether oxygens (including phenoxy) is 2. The Morgan fingerprint density at radius 1 is 0.821 bits per heavy atom. The summed E-state index contributed by atoms with van der Waals surface area (Å²) < 4.78 is 13.0. The van der Waals surface area contributed by atoms with Gasteiger partial charge in [0, 0.05) is 29.2 Å². The molecule has 0 saturated carbocycles. The van der Waals surface area contributed by atoms with Gasteiger partial charge in [-0.15, -0.1) is 5.75 Å². The average Bonchev–Trinajstić information content (AvgIpc) is 2.50. The summed E-state index contributed by atoms with van der Waals surface area (Å²) in [6.07, 6.45) is 1.31. The topological polar surface area (TPSA) is 61.8 Å². The Bertz CT molecular complexity index is 869. The normalized spacial score (nSPS) is 23.6. The number of hydrogen-bond acceptors (Lipinski definition) is 4. The summed E-state index contributed by atoms with van der Waals surface area (Å²) in [5.41, 5.74) is 2.92. The molecule has 28 heavy (non-hydrogen) atoms. The van der Waals surface area contributed by atoms with Gasteiger partial charge in [-0.2, -0.15) is 0 Å². The van der Waals surface area contributed by atoms with Gasteiger partial charge < -0.3 is 19.7 Å². The van der Waals surface area contributed by atoms with Gasteiger partial charge in [0.25, 0.3) is 5.79 Å². The molecule has 2 aromatic carbocycles. The summed E-state index contributed by atoms with van der Waals surface area (Å²) in [4.78, 5) is 0. The smallest absolute Gasteiger partial charge is 0.872 e. The zero-order chi connectivity index (χ0) is 19.8. The minimum absolute atomic E-state index is 0. The van der Waals surface area contributed by atoms with Crippen LogP contribution in [0, 0.1) is 13.8 Å². The van der Waals surface area contributed by atoms with Crippen molar-refractivity contribution < 1.29 is 77.9 Å². The number of benzene rings is 2. The maximum Gasteiger partial charge on any atom is 1.00 e. The van der Waals surface area contributed by atoms with E-state index in [0.29, 0.717) is 18.4 Å². The van der Waals surface area contributed by atoms with Crippen LogP contribution in [-0.2, 0) is 10.8 Å². The molecule has 1 N–H and O–H groups in total. The van der Waals surface area contributed by atoms with Crippen LogP contribution in [0.1, 0.15) is 62.8 Å². The molecular weight excluding hydrogens is 426 g/mol. The van der Waals surface area contributed by atoms with E-state index in [0.717, 1.165) is 28.2 Å². The molecule has 144 valence electrons. The number of phenols is 1. The zero-order valence-corrected chi connectivity index (χ0v) is 22.8. The van der Waals surface area contributed by atoms with Crippen molar-refractivity contribution in [2.75, 3.05) is 0 Å². The van der Waals surface area contributed by atoms with Crippen molar-refractivity contribution in [2.24, 2.45) is 0 Å². The summed E-state index contributed by atoms with van der Waals surface area (Å²) >= 11 is 0. The van der Waals surface area contributed by atoms with Crippen LogP contribution in [0.2, 0.25) is 0 Å². The summed E-state index contributed by atoms with van der Waals surface area (Å²) in [5.74, 6) is 1.03. The number of aryl methyl sites for hydroxylation is 2. The third-order valence-electron chi connectivity index (χ3n) is 6.05. The van der Waals surface area contributed by atoms with Crippen LogP contribution in [0.15, 0.2) is 24.3 Å². The molecule has 1 atom stereocenters. The van der Waals surface area contributed by atoms with Crippen molar-refractivity contribution >= 4 is 0 Å². The minimum Gasteiger partial charge on any atom is -0.872 e. The molecular formula is C23H27O4Rb. The molecule has 1 spiro atoms. The predicted octanol–water partition coefficient (Wildman–Crippen LogP) is 1.60. The molecule has 0 amide bonds. The number of hydrogen-bond donors (Lipinski definition) is 1. The van der Waals surface area contributed by atoms with Crippen molar-refractivity contribution in [1.29, 1.82) is 0 Å². The maximum atomic E-state index is 12.2. The summed E-state index contributed by atoms with van der Waals surface area (Å²) in [5, 5.41) is 22.3. The molecule has 2 aliphatic rings. The van der Waals surface area contributed by atoms with Gasteiger partial charge in [0.05, 0.1) is 0 Å². The molecule has 5 heteroatoms. The van der Waals surface area contributed by atoms with Crippen LogP contribution >= 0.6 is 0 Å². The Balaban J connectivity index is 0.00000225. The van der Waals surface area contributed by atoms with Gasteiger partial charge in [0.2, 0.25) is 0 Å². The van der Waals surface area contributed by atoms with Crippen LogP contribution in [0.3, 0.4) is 0 Å². The van der Waals surface area contributed by atoms with Crippen LogP contribution in [-0.4, -0.2) is 10.9 Å². The SMILES string of the molecule is Cc1cc2c(cc1[O-])C(C)(C)C[C@]1(CC(C)(C)c3cc(O)c(C)cc3O1)O2.[Rb+]. The first-order valence-electron chi connectivity index (χ1n) is 9.47. The number of fused-ring (bicyclic) bond motifs is 2. The Hall–Kier alpha value is -0.555. The molecule has 2 heterocycles. The molecule has 0 fully saturated rings. The molecule has 2 aliphatic heterocycles. The van der Waals surface area contributed by atoms with E-state index in [2.05, 4.69) is 27.7 Å². The second-order valence-electron chi connectivity index (χ2n) is 9.48. The van der Waals surface area contributed by atoms with E-state index in [-0.39, 0.29) is 80.5 Å². The first-order chi connectivity index (χ1) is 12.4. The average molecular weight is 453 g/mol. The number of aromatic hydroxyl groups is 1. The van der Waals surface area contributed by atoms with Crippen molar-refractivity contribution in [3.8, 4) is 23.0 Å².